The second kappa shape index (κ2) is 10.4. The molecular formula is C20H23ClF3N3O. The van der Waals surface area contributed by atoms with E-state index in [0.717, 1.165) is 25.2 Å². The van der Waals surface area contributed by atoms with Crippen LogP contribution < -0.4 is 4.90 Å². The standard InChI is InChI=1S/C18H18ClF2N3O.C2H5F/c1-23-5-4-15(10-23)24(9-12-6-17(18(20)21)25-11-12)14-3-2-13(8-22)16(19)7-14;1-2-3/h2-3,6-7,11,15,18H,4-5,9-10H2,1H3;2H2,1H3. The molecule has 0 N–H and O–H groups in total. The van der Waals surface area contributed by atoms with Crippen molar-refractivity contribution >= 4 is 17.3 Å². The highest BCUT2D eigenvalue weighted by Gasteiger charge is 2.27. The van der Waals surface area contributed by atoms with Crippen LogP contribution >= 0.6 is 11.6 Å². The van der Waals surface area contributed by atoms with E-state index in [9.17, 15) is 13.2 Å². The number of nitriles is 1. The number of rotatable bonds is 5. The molecule has 28 heavy (non-hydrogen) atoms. The molecule has 1 aliphatic rings. The summed E-state index contributed by atoms with van der Waals surface area (Å²) in [4.78, 5) is 4.36. The van der Waals surface area contributed by atoms with Crippen molar-refractivity contribution in [1.82, 2.24) is 4.90 Å². The van der Waals surface area contributed by atoms with Crippen LogP contribution in [0.15, 0.2) is 34.9 Å². The van der Waals surface area contributed by atoms with Gasteiger partial charge in [0, 0.05) is 30.4 Å². The van der Waals surface area contributed by atoms with Gasteiger partial charge in [-0.3, -0.25) is 4.39 Å². The fraction of sp³-hybridized carbons (Fsp3) is 0.450. The van der Waals surface area contributed by atoms with Crippen LogP contribution in [0.4, 0.5) is 18.9 Å². The molecule has 0 amide bonds. The molecule has 2 aromatic rings. The second-order valence-electron chi connectivity index (χ2n) is 6.53. The third kappa shape index (κ3) is 5.66. The van der Waals surface area contributed by atoms with Crippen molar-refractivity contribution in [2.75, 3.05) is 31.7 Å². The van der Waals surface area contributed by atoms with E-state index in [-0.39, 0.29) is 18.5 Å². The molecule has 152 valence electrons. The van der Waals surface area contributed by atoms with Crippen molar-refractivity contribution < 1.29 is 17.6 Å². The van der Waals surface area contributed by atoms with Crippen LogP contribution in [-0.2, 0) is 6.54 Å². The number of likely N-dealkylation sites (tertiary alicyclic amines) is 1. The lowest BCUT2D eigenvalue weighted by Gasteiger charge is -2.31. The summed E-state index contributed by atoms with van der Waals surface area (Å²) >= 11 is 6.18. The van der Waals surface area contributed by atoms with Gasteiger partial charge >= 0.3 is 0 Å². The number of furan rings is 1. The van der Waals surface area contributed by atoms with Crippen molar-refractivity contribution in [1.29, 1.82) is 5.26 Å². The molecule has 1 atom stereocenters. The van der Waals surface area contributed by atoms with Crippen molar-refractivity contribution in [3.8, 4) is 6.07 Å². The molecule has 0 saturated carbocycles. The Balaban J connectivity index is 0.000000878. The molecule has 0 radical (unpaired) electrons. The van der Waals surface area contributed by atoms with Crippen LogP contribution in [-0.4, -0.2) is 37.8 Å². The largest absolute Gasteiger partial charge is 0.463 e. The first kappa shape index (κ1) is 22.1. The van der Waals surface area contributed by atoms with Crippen LogP contribution in [0.1, 0.15) is 36.7 Å². The lowest BCUT2D eigenvalue weighted by atomic mass is 10.1. The van der Waals surface area contributed by atoms with E-state index < -0.39 is 6.43 Å². The maximum atomic E-state index is 12.8. The summed E-state index contributed by atoms with van der Waals surface area (Å²) in [6.07, 6.45) is -0.282. The van der Waals surface area contributed by atoms with Gasteiger partial charge in [-0.1, -0.05) is 11.6 Å². The normalized spacial score (nSPS) is 16.6. The number of benzene rings is 1. The van der Waals surface area contributed by atoms with Gasteiger partial charge in [0.15, 0.2) is 5.76 Å². The van der Waals surface area contributed by atoms with Gasteiger partial charge in [-0.2, -0.15) is 5.26 Å². The molecule has 4 nitrogen and oxygen atoms in total. The zero-order valence-electron chi connectivity index (χ0n) is 15.8. The quantitative estimate of drug-likeness (QED) is 0.655. The number of anilines is 1. The lowest BCUT2D eigenvalue weighted by molar-refractivity contribution is 0.122. The van der Waals surface area contributed by atoms with E-state index >= 15 is 0 Å². The zero-order valence-corrected chi connectivity index (χ0v) is 16.6. The molecule has 0 spiro atoms. The van der Waals surface area contributed by atoms with Crippen molar-refractivity contribution in [2.45, 2.75) is 32.4 Å². The van der Waals surface area contributed by atoms with Gasteiger partial charge in [0.1, 0.15) is 6.07 Å². The zero-order chi connectivity index (χ0) is 20.7. The smallest absolute Gasteiger partial charge is 0.295 e. The van der Waals surface area contributed by atoms with Gasteiger partial charge in [0.2, 0.25) is 0 Å². The minimum absolute atomic E-state index is 0.235. The molecule has 0 aliphatic carbocycles. The van der Waals surface area contributed by atoms with E-state index in [1.54, 1.807) is 12.1 Å². The molecule has 1 aromatic carbocycles. The average molecular weight is 414 g/mol. The molecule has 0 bridgehead atoms. The first-order valence-corrected chi connectivity index (χ1v) is 9.33. The van der Waals surface area contributed by atoms with Gasteiger partial charge < -0.3 is 14.2 Å². The third-order valence-corrected chi connectivity index (χ3v) is 4.77. The van der Waals surface area contributed by atoms with E-state index in [4.69, 9.17) is 21.3 Å². The van der Waals surface area contributed by atoms with Crippen LogP contribution in [0.3, 0.4) is 0 Å². The predicted octanol–water partition coefficient (Wildman–Crippen LogP) is 5.43. The molecule has 1 unspecified atom stereocenters. The summed E-state index contributed by atoms with van der Waals surface area (Å²) in [6.45, 7) is 3.49. The summed E-state index contributed by atoms with van der Waals surface area (Å²) in [6, 6.07) is 8.96. The van der Waals surface area contributed by atoms with Crippen LogP contribution in [0.25, 0.3) is 0 Å². The van der Waals surface area contributed by atoms with Crippen molar-refractivity contribution in [3.05, 3.63) is 52.4 Å². The minimum Gasteiger partial charge on any atom is -0.463 e. The highest BCUT2D eigenvalue weighted by molar-refractivity contribution is 6.32. The van der Waals surface area contributed by atoms with Gasteiger partial charge in [0.05, 0.1) is 23.5 Å². The van der Waals surface area contributed by atoms with Crippen LogP contribution in [0, 0.1) is 11.3 Å². The van der Waals surface area contributed by atoms with Crippen LogP contribution in [0.2, 0.25) is 5.02 Å². The topological polar surface area (TPSA) is 43.4 Å². The van der Waals surface area contributed by atoms with Gasteiger partial charge in [-0.05, 0) is 51.2 Å². The summed E-state index contributed by atoms with van der Waals surface area (Å²) in [5.41, 5.74) is 1.96. The van der Waals surface area contributed by atoms with Gasteiger partial charge in [0.25, 0.3) is 6.43 Å². The Kier molecular flexibility index (Phi) is 8.21. The summed E-state index contributed by atoms with van der Waals surface area (Å²) in [5, 5.41) is 9.43. The average Bonchev–Trinajstić information content (AvgIpc) is 3.29. The Hall–Kier alpha value is -2.17. The van der Waals surface area contributed by atoms with Gasteiger partial charge in [-0.25, -0.2) is 8.78 Å². The molecule has 1 aliphatic heterocycles. The molecule has 8 heteroatoms. The highest BCUT2D eigenvalue weighted by Crippen LogP contribution is 2.30. The fourth-order valence-electron chi connectivity index (χ4n) is 3.16. The SMILES string of the molecule is CCF.CN1CCC(N(Cc2coc(C(F)F)c2)c2ccc(C#N)c(Cl)c2)C1. The second-order valence-corrected chi connectivity index (χ2v) is 6.94. The van der Waals surface area contributed by atoms with E-state index in [2.05, 4.69) is 16.8 Å². The number of halogens is 4. The first-order valence-electron chi connectivity index (χ1n) is 8.95. The number of alkyl halides is 3. The molecule has 1 saturated heterocycles. The Bertz CT molecular complexity index is 806. The number of hydrogen-bond donors (Lipinski definition) is 0. The Morgan fingerprint density at radius 2 is 2.11 bits per heavy atom. The Labute approximate surface area is 168 Å². The lowest BCUT2D eigenvalue weighted by Crippen LogP contribution is -2.36. The maximum Gasteiger partial charge on any atom is 0.295 e. The molecule has 1 fully saturated rings. The van der Waals surface area contributed by atoms with Crippen LogP contribution in [0.5, 0.6) is 0 Å². The Morgan fingerprint density at radius 1 is 1.39 bits per heavy atom. The molecule has 3 rings (SSSR count). The molecule has 1 aromatic heterocycles. The first-order chi connectivity index (χ1) is 13.4. The third-order valence-electron chi connectivity index (χ3n) is 4.45. The number of hydrogen-bond acceptors (Lipinski definition) is 4. The molecule has 2 heterocycles. The predicted molar refractivity (Wildman–Crippen MR) is 104 cm³/mol. The Morgan fingerprint density at radius 3 is 2.61 bits per heavy atom. The summed E-state index contributed by atoms with van der Waals surface area (Å²) in [7, 11) is 2.05. The monoisotopic (exact) mass is 413 g/mol. The minimum atomic E-state index is -2.62. The number of nitrogens with zero attached hydrogens (tertiary/aromatic N) is 3. The van der Waals surface area contributed by atoms with Crippen molar-refractivity contribution in [2.24, 2.45) is 0 Å². The molecular weight excluding hydrogens is 391 g/mol. The van der Waals surface area contributed by atoms with E-state index in [1.807, 2.05) is 12.1 Å². The maximum absolute atomic E-state index is 12.8. The van der Waals surface area contributed by atoms with Gasteiger partial charge in [-0.15, -0.1) is 0 Å². The summed E-state index contributed by atoms with van der Waals surface area (Å²) < 4.78 is 40.8. The summed E-state index contributed by atoms with van der Waals surface area (Å²) in [5.74, 6) is -0.323. The van der Waals surface area contributed by atoms with E-state index in [0.29, 0.717) is 22.7 Å². The van der Waals surface area contributed by atoms with E-state index in [1.165, 1.54) is 19.3 Å². The van der Waals surface area contributed by atoms with Crippen molar-refractivity contribution in [3.63, 3.8) is 0 Å². The number of likely N-dealkylation sites (N-methyl/N-ethyl adjacent to an activating group) is 1. The fourth-order valence-corrected chi connectivity index (χ4v) is 3.38. The highest BCUT2D eigenvalue weighted by atomic mass is 35.5.